The van der Waals surface area contributed by atoms with Crippen LogP contribution in [-0.4, -0.2) is 45.3 Å². The van der Waals surface area contributed by atoms with Crippen molar-refractivity contribution in [3.8, 4) is 5.75 Å². The van der Waals surface area contributed by atoms with Crippen LogP contribution in [0.3, 0.4) is 0 Å². The van der Waals surface area contributed by atoms with Crippen molar-refractivity contribution in [1.82, 2.24) is 14.6 Å². The molecule has 0 amide bonds. The normalized spacial score (nSPS) is 24.3. The zero-order valence-electron chi connectivity index (χ0n) is 13.5. The highest BCUT2D eigenvalue weighted by Crippen LogP contribution is 2.40. The minimum Gasteiger partial charge on any atom is -0.482 e. The first-order valence-corrected chi connectivity index (χ1v) is 9.03. The molecule has 0 aliphatic carbocycles. The molecule has 4 rings (SSSR count). The maximum Gasteiger partial charge on any atom is 0.180 e. The number of hydrogen-bond acceptors (Lipinski definition) is 5. The van der Waals surface area contributed by atoms with E-state index in [2.05, 4.69) is 37.8 Å². The number of ether oxygens (including phenoxy) is 1. The van der Waals surface area contributed by atoms with E-state index >= 15 is 0 Å². The Kier molecular flexibility index (Phi) is 3.08. The fraction of sp³-hybridized carbons (Fsp3) is 0.625. The smallest absolute Gasteiger partial charge is 0.180 e. The van der Waals surface area contributed by atoms with E-state index in [4.69, 9.17) is 9.72 Å². The summed E-state index contributed by atoms with van der Waals surface area (Å²) in [4.78, 5) is 7.21. The summed E-state index contributed by atoms with van der Waals surface area (Å²) in [6, 6.07) is 0.429. The van der Waals surface area contributed by atoms with Crippen molar-refractivity contribution in [3.63, 3.8) is 0 Å². The molecule has 0 spiro atoms. The first-order valence-electron chi connectivity index (χ1n) is 7.87. The fourth-order valence-corrected chi connectivity index (χ4v) is 4.55. The van der Waals surface area contributed by atoms with Crippen LogP contribution in [0.1, 0.15) is 32.8 Å². The van der Waals surface area contributed by atoms with Gasteiger partial charge in [0, 0.05) is 24.1 Å². The molecular formula is C16H22N4OS. The van der Waals surface area contributed by atoms with Gasteiger partial charge >= 0.3 is 0 Å². The van der Waals surface area contributed by atoms with Gasteiger partial charge in [0.15, 0.2) is 17.2 Å². The van der Waals surface area contributed by atoms with Gasteiger partial charge < -0.3 is 9.64 Å². The summed E-state index contributed by atoms with van der Waals surface area (Å²) in [5, 5.41) is 4.50. The van der Waals surface area contributed by atoms with E-state index in [9.17, 15) is 0 Å². The number of aromatic nitrogens is 3. The Bertz CT molecular complexity index is 726. The van der Waals surface area contributed by atoms with Crippen molar-refractivity contribution in [2.75, 3.05) is 23.5 Å². The summed E-state index contributed by atoms with van der Waals surface area (Å²) < 4.78 is 8.03. The van der Waals surface area contributed by atoms with Crippen LogP contribution in [0.25, 0.3) is 5.65 Å². The van der Waals surface area contributed by atoms with Gasteiger partial charge in [-0.15, -0.1) is 0 Å². The number of anilines is 1. The second-order valence-corrected chi connectivity index (χ2v) is 7.94. The molecule has 2 aliphatic rings. The van der Waals surface area contributed by atoms with Crippen LogP contribution in [-0.2, 0) is 5.41 Å². The predicted molar refractivity (Wildman–Crippen MR) is 90.2 cm³/mol. The van der Waals surface area contributed by atoms with Crippen LogP contribution in [0.2, 0.25) is 0 Å². The highest BCUT2D eigenvalue weighted by Gasteiger charge is 2.39. The molecule has 22 heavy (non-hydrogen) atoms. The molecule has 2 unspecified atom stereocenters. The van der Waals surface area contributed by atoms with Crippen LogP contribution in [0.5, 0.6) is 5.75 Å². The van der Waals surface area contributed by atoms with Gasteiger partial charge in [0.25, 0.3) is 0 Å². The Balaban J connectivity index is 1.86. The summed E-state index contributed by atoms with van der Waals surface area (Å²) in [6.45, 7) is 6.70. The molecule has 2 aromatic heterocycles. The number of rotatable bonds is 2. The molecule has 1 saturated heterocycles. The third-order valence-corrected chi connectivity index (χ3v) is 6.31. The summed E-state index contributed by atoms with van der Waals surface area (Å²) in [7, 11) is 2.13. The van der Waals surface area contributed by atoms with Crippen molar-refractivity contribution >= 4 is 23.2 Å². The number of likely N-dealkylation sites (N-methyl/N-ethyl adjacent to an activating group) is 1. The van der Waals surface area contributed by atoms with Crippen LogP contribution in [0, 0.1) is 0 Å². The molecule has 0 aromatic carbocycles. The molecule has 118 valence electrons. The largest absolute Gasteiger partial charge is 0.482 e. The molecule has 4 heterocycles. The van der Waals surface area contributed by atoms with Crippen molar-refractivity contribution in [3.05, 3.63) is 18.0 Å². The Morgan fingerprint density at radius 3 is 3.00 bits per heavy atom. The predicted octanol–water partition coefficient (Wildman–Crippen LogP) is 2.73. The summed E-state index contributed by atoms with van der Waals surface area (Å²) in [5.74, 6) is 3.97. The van der Waals surface area contributed by atoms with Crippen molar-refractivity contribution in [2.24, 2.45) is 0 Å². The number of fused-ring (bicyclic) bond motifs is 3. The quantitative estimate of drug-likeness (QED) is 0.852. The SMILES string of the molecule is CCC(C)(C)c1cnn2cc3c(nc12)N(C)C1CSCC1O3. The van der Waals surface area contributed by atoms with Gasteiger partial charge in [0.1, 0.15) is 6.10 Å². The second kappa shape index (κ2) is 4.78. The molecular weight excluding hydrogens is 296 g/mol. The fourth-order valence-electron chi connectivity index (χ4n) is 3.21. The van der Waals surface area contributed by atoms with Crippen LogP contribution < -0.4 is 9.64 Å². The lowest BCUT2D eigenvalue weighted by Crippen LogP contribution is -2.47. The summed E-state index contributed by atoms with van der Waals surface area (Å²) >= 11 is 1.95. The zero-order chi connectivity index (χ0) is 15.5. The van der Waals surface area contributed by atoms with Crippen molar-refractivity contribution < 1.29 is 4.74 Å². The molecule has 0 saturated carbocycles. The van der Waals surface area contributed by atoms with Crippen LogP contribution >= 0.6 is 11.8 Å². The molecule has 1 fully saturated rings. The van der Waals surface area contributed by atoms with Gasteiger partial charge in [-0.25, -0.2) is 9.50 Å². The lowest BCUT2D eigenvalue weighted by Gasteiger charge is -2.36. The number of thioether (sulfide) groups is 1. The van der Waals surface area contributed by atoms with Crippen molar-refractivity contribution in [1.29, 1.82) is 0 Å². The lowest BCUT2D eigenvalue weighted by atomic mass is 9.84. The van der Waals surface area contributed by atoms with E-state index in [1.807, 2.05) is 28.7 Å². The molecule has 2 aromatic rings. The van der Waals surface area contributed by atoms with Gasteiger partial charge in [0.2, 0.25) is 0 Å². The minimum atomic E-state index is 0.0722. The molecule has 2 atom stereocenters. The number of nitrogens with zero attached hydrogens (tertiary/aromatic N) is 4. The summed E-state index contributed by atoms with van der Waals surface area (Å²) in [6.07, 6.45) is 5.26. The summed E-state index contributed by atoms with van der Waals surface area (Å²) in [5.41, 5.74) is 2.22. The highest BCUT2D eigenvalue weighted by molar-refractivity contribution is 7.99. The number of hydrogen-bond donors (Lipinski definition) is 0. The van der Waals surface area contributed by atoms with Gasteiger partial charge in [-0.1, -0.05) is 20.8 Å². The monoisotopic (exact) mass is 318 g/mol. The first kappa shape index (κ1) is 14.2. The third kappa shape index (κ3) is 1.93. The van der Waals surface area contributed by atoms with E-state index < -0.39 is 0 Å². The Hall–Kier alpha value is -1.43. The molecule has 6 heteroatoms. The molecule has 0 bridgehead atoms. The molecule has 5 nitrogen and oxygen atoms in total. The third-order valence-electron chi connectivity index (χ3n) is 5.16. The van der Waals surface area contributed by atoms with E-state index in [0.29, 0.717) is 6.04 Å². The van der Waals surface area contributed by atoms with Gasteiger partial charge in [-0.3, -0.25) is 0 Å². The van der Waals surface area contributed by atoms with Gasteiger partial charge in [-0.2, -0.15) is 16.9 Å². The van der Waals surface area contributed by atoms with E-state index in [1.54, 1.807) is 0 Å². The molecule has 0 radical (unpaired) electrons. The Morgan fingerprint density at radius 2 is 2.23 bits per heavy atom. The second-order valence-electron chi connectivity index (χ2n) is 6.86. The van der Waals surface area contributed by atoms with Gasteiger partial charge in [-0.05, 0) is 11.8 Å². The van der Waals surface area contributed by atoms with E-state index in [-0.39, 0.29) is 11.5 Å². The minimum absolute atomic E-state index is 0.0722. The highest BCUT2D eigenvalue weighted by atomic mass is 32.2. The lowest BCUT2D eigenvalue weighted by molar-refractivity contribution is 0.189. The molecule has 0 N–H and O–H groups in total. The zero-order valence-corrected chi connectivity index (χ0v) is 14.4. The van der Waals surface area contributed by atoms with Crippen LogP contribution in [0.4, 0.5) is 5.82 Å². The topological polar surface area (TPSA) is 42.7 Å². The maximum absolute atomic E-state index is 6.17. The van der Waals surface area contributed by atoms with E-state index in [0.717, 1.165) is 35.1 Å². The standard InChI is InChI=1S/C16H22N4OS/c1-5-16(2,3)10-6-17-20-7-12-15(18-14(10)20)19(4)11-8-22-9-13(11)21-12/h6-7,11,13H,5,8-9H2,1-4H3. The maximum atomic E-state index is 6.17. The van der Waals surface area contributed by atoms with Crippen molar-refractivity contribution in [2.45, 2.75) is 44.8 Å². The average molecular weight is 318 g/mol. The first-order chi connectivity index (χ1) is 10.5. The Morgan fingerprint density at radius 1 is 1.41 bits per heavy atom. The Labute approximate surface area is 135 Å². The van der Waals surface area contributed by atoms with Crippen LogP contribution in [0.15, 0.2) is 12.4 Å². The molecule has 2 aliphatic heterocycles. The van der Waals surface area contributed by atoms with E-state index in [1.165, 1.54) is 5.56 Å². The van der Waals surface area contributed by atoms with Gasteiger partial charge in [0.05, 0.1) is 18.4 Å². The average Bonchev–Trinajstić information content (AvgIpc) is 3.12.